The van der Waals surface area contributed by atoms with Gasteiger partial charge in [-0.25, -0.2) is 0 Å². The van der Waals surface area contributed by atoms with Gasteiger partial charge in [-0.05, 0) is 86.1 Å². The molecule has 1 unspecified atom stereocenters. The molecule has 6 nitrogen and oxygen atoms in total. The topological polar surface area (TPSA) is 55.9 Å². The SMILES string of the molecule is Cc1cc(C)cc(NC(=S)N2CCC3(CCN(C(=O)C4CC(=O)N(c5ccccc5)C4)C3)CC2)c1. The van der Waals surface area contributed by atoms with Crippen molar-refractivity contribution >= 4 is 40.5 Å². The van der Waals surface area contributed by atoms with Gasteiger partial charge in [0.15, 0.2) is 5.11 Å². The van der Waals surface area contributed by atoms with Gasteiger partial charge in [-0.15, -0.1) is 0 Å². The lowest BCUT2D eigenvalue weighted by Crippen LogP contribution is -2.46. The molecule has 5 rings (SSSR count). The quantitative estimate of drug-likeness (QED) is 0.648. The molecule has 2 aromatic rings. The van der Waals surface area contributed by atoms with Gasteiger partial charge in [0.25, 0.3) is 0 Å². The number of rotatable bonds is 3. The van der Waals surface area contributed by atoms with Crippen molar-refractivity contribution in [1.29, 1.82) is 0 Å². The van der Waals surface area contributed by atoms with Gasteiger partial charge < -0.3 is 20.0 Å². The van der Waals surface area contributed by atoms with Crippen molar-refractivity contribution in [3.8, 4) is 0 Å². The summed E-state index contributed by atoms with van der Waals surface area (Å²) in [7, 11) is 0. The van der Waals surface area contributed by atoms with E-state index in [9.17, 15) is 9.59 Å². The molecule has 0 aliphatic carbocycles. The van der Waals surface area contributed by atoms with Crippen LogP contribution in [0, 0.1) is 25.2 Å². The zero-order chi connectivity index (χ0) is 24.6. The van der Waals surface area contributed by atoms with Crippen LogP contribution < -0.4 is 10.2 Å². The Kier molecular flexibility index (Phi) is 6.53. The number of aryl methyl sites for hydroxylation is 2. The number of benzene rings is 2. The molecule has 2 aromatic carbocycles. The van der Waals surface area contributed by atoms with Crippen molar-refractivity contribution in [2.75, 3.05) is 42.9 Å². The molecule has 35 heavy (non-hydrogen) atoms. The maximum absolute atomic E-state index is 13.3. The van der Waals surface area contributed by atoms with E-state index in [-0.39, 0.29) is 23.1 Å². The molecule has 3 aliphatic rings. The predicted octanol–water partition coefficient (Wildman–Crippen LogP) is 4.37. The van der Waals surface area contributed by atoms with Crippen LogP contribution in [0.2, 0.25) is 0 Å². The molecule has 1 atom stereocenters. The highest BCUT2D eigenvalue weighted by molar-refractivity contribution is 7.80. The summed E-state index contributed by atoms with van der Waals surface area (Å²) < 4.78 is 0. The molecule has 7 heteroatoms. The minimum Gasteiger partial charge on any atom is -0.349 e. The Morgan fingerprint density at radius 3 is 2.26 bits per heavy atom. The third-order valence-corrected chi connectivity index (χ3v) is 8.24. The Hall–Kier alpha value is -2.93. The number of carbonyl (C=O) groups is 2. The van der Waals surface area contributed by atoms with Crippen molar-refractivity contribution in [2.24, 2.45) is 11.3 Å². The zero-order valence-electron chi connectivity index (χ0n) is 20.6. The number of hydrogen-bond donors (Lipinski definition) is 1. The number of likely N-dealkylation sites (tertiary alicyclic amines) is 2. The van der Waals surface area contributed by atoms with E-state index in [0.29, 0.717) is 13.0 Å². The second-order valence-electron chi connectivity index (χ2n) is 10.5. The van der Waals surface area contributed by atoms with Crippen LogP contribution in [0.5, 0.6) is 0 Å². The highest BCUT2D eigenvalue weighted by Crippen LogP contribution is 2.41. The maximum atomic E-state index is 13.3. The summed E-state index contributed by atoms with van der Waals surface area (Å²) in [6.45, 7) is 8.08. The summed E-state index contributed by atoms with van der Waals surface area (Å²) in [4.78, 5) is 32.0. The van der Waals surface area contributed by atoms with Gasteiger partial charge in [0.05, 0.1) is 5.92 Å². The van der Waals surface area contributed by atoms with Crippen LogP contribution in [0.3, 0.4) is 0 Å². The van der Waals surface area contributed by atoms with Crippen LogP contribution in [0.1, 0.15) is 36.8 Å². The van der Waals surface area contributed by atoms with Crippen LogP contribution in [0.15, 0.2) is 48.5 Å². The lowest BCUT2D eigenvalue weighted by atomic mass is 9.78. The van der Waals surface area contributed by atoms with E-state index in [0.717, 1.165) is 61.9 Å². The smallest absolute Gasteiger partial charge is 0.228 e. The van der Waals surface area contributed by atoms with E-state index in [4.69, 9.17) is 12.2 Å². The van der Waals surface area contributed by atoms with Gasteiger partial charge in [-0.2, -0.15) is 0 Å². The van der Waals surface area contributed by atoms with Crippen molar-refractivity contribution < 1.29 is 9.59 Å². The minimum absolute atomic E-state index is 0.0431. The fraction of sp³-hybridized carbons (Fsp3) is 0.464. The molecule has 3 heterocycles. The Morgan fingerprint density at radius 1 is 0.971 bits per heavy atom. The molecule has 0 radical (unpaired) electrons. The summed E-state index contributed by atoms with van der Waals surface area (Å²) in [6.07, 6.45) is 3.41. The van der Waals surface area contributed by atoms with Crippen molar-refractivity contribution in [3.63, 3.8) is 0 Å². The number of piperidine rings is 1. The third kappa shape index (κ3) is 5.06. The Bertz CT molecular complexity index is 1110. The van der Waals surface area contributed by atoms with Gasteiger partial charge in [0.2, 0.25) is 11.8 Å². The second-order valence-corrected chi connectivity index (χ2v) is 10.9. The van der Waals surface area contributed by atoms with Crippen molar-refractivity contribution in [1.82, 2.24) is 9.80 Å². The second kappa shape index (κ2) is 9.61. The first-order chi connectivity index (χ1) is 16.8. The van der Waals surface area contributed by atoms with Gasteiger partial charge in [-0.3, -0.25) is 9.59 Å². The molecule has 0 bridgehead atoms. The normalized spacial score (nSPS) is 21.6. The molecular weight excluding hydrogens is 456 g/mol. The van der Waals surface area contributed by atoms with Crippen molar-refractivity contribution in [2.45, 2.75) is 39.5 Å². The number of hydrogen-bond acceptors (Lipinski definition) is 3. The van der Waals surface area contributed by atoms with E-state index >= 15 is 0 Å². The van der Waals surface area contributed by atoms with E-state index in [1.807, 2.05) is 35.2 Å². The molecule has 1 N–H and O–H groups in total. The van der Waals surface area contributed by atoms with Crippen molar-refractivity contribution in [3.05, 3.63) is 59.7 Å². The number of nitrogens with zero attached hydrogens (tertiary/aromatic N) is 3. The fourth-order valence-electron chi connectivity index (χ4n) is 5.95. The fourth-order valence-corrected chi connectivity index (χ4v) is 6.25. The predicted molar refractivity (Wildman–Crippen MR) is 143 cm³/mol. The largest absolute Gasteiger partial charge is 0.349 e. The zero-order valence-corrected chi connectivity index (χ0v) is 21.4. The first-order valence-electron chi connectivity index (χ1n) is 12.6. The summed E-state index contributed by atoms with van der Waals surface area (Å²) in [5.41, 5.74) is 4.53. The Morgan fingerprint density at radius 2 is 1.60 bits per heavy atom. The van der Waals surface area contributed by atoms with Crippen LogP contribution in [0.25, 0.3) is 0 Å². The minimum atomic E-state index is -0.243. The molecule has 3 fully saturated rings. The number of para-hydroxylation sites is 1. The summed E-state index contributed by atoms with van der Waals surface area (Å²) in [5, 5.41) is 4.19. The first-order valence-corrected chi connectivity index (χ1v) is 13.0. The lowest BCUT2D eigenvalue weighted by molar-refractivity contribution is -0.135. The van der Waals surface area contributed by atoms with E-state index in [1.165, 1.54) is 11.1 Å². The van der Waals surface area contributed by atoms with Gasteiger partial charge >= 0.3 is 0 Å². The van der Waals surface area contributed by atoms with E-state index in [1.54, 1.807) is 4.90 Å². The molecular formula is C28H34N4O2S. The molecule has 0 saturated carbocycles. The lowest BCUT2D eigenvalue weighted by Gasteiger charge is -2.40. The number of nitrogens with one attached hydrogen (secondary N) is 1. The number of amides is 2. The first kappa shape index (κ1) is 23.8. The molecule has 3 saturated heterocycles. The standard InChI is InChI=1S/C28H34N4O2S/c1-20-14-21(2)16-23(15-20)29-27(35)30-11-8-28(9-12-30)10-13-31(19-28)26(34)22-17-25(33)32(18-22)24-6-4-3-5-7-24/h3-7,14-16,22H,8-13,17-19H2,1-2H3,(H,29,35). The van der Waals surface area contributed by atoms with Crippen LogP contribution in [0.4, 0.5) is 11.4 Å². The highest BCUT2D eigenvalue weighted by Gasteiger charge is 2.45. The maximum Gasteiger partial charge on any atom is 0.228 e. The van der Waals surface area contributed by atoms with Crippen LogP contribution in [-0.4, -0.2) is 59.5 Å². The van der Waals surface area contributed by atoms with Crippen LogP contribution >= 0.6 is 12.2 Å². The Labute approximate surface area is 213 Å². The molecule has 1 spiro atoms. The van der Waals surface area contributed by atoms with E-state index < -0.39 is 0 Å². The monoisotopic (exact) mass is 490 g/mol. The summed E-state index contributed by atoms with van der Waals surface area (Å²) in [6, 6.07) is 16.1. The number of anilines is 2. The van der Waals surface area contributed by atoms with Crippen LogP contribution in [-0.2, 0) is 9.59 Å². The van der Waals surface area contributed by atoms with E-state index in [2.05, 4.69) is 42.3 Å². The average Bonchev–Trinajstić information content (AvgIpc) is 3.43. The molecule has 3 aliphatic heterocycles. The molecule has 0 aromatic heterocycles. The van der Waals surface area contributed by atoms with Gasteiger partial charge in [-0.1, -0.05) is 24.3 Å². The number of thiocarbonyl (C=S) groups is 1. The molecule has 2 amide bonds. The molecule has 184 valence electrons. The van der Waals surface area contributed by atoms with Gasteiger partial charge in [0, 0.05) is 50.5 Å². The highest BCUT2D eigenvalue weighted by atomic mass is 32.1. The third-order valence-electron chi connectivity index (χ3n) is 7.88. The van der Waals surface area contributed by atoms with Gasteiger partial charge in [0.1, 0.15) is 0 Å². The number of carbonyl (C=O) groups excluding carboxylic acids is 2. The summed E-state index contributed by atoms with van der Waals surface area (Å²) >= 11 is 5.72. The Balaban J connectivity index is 1.14. The average molecular weight is 491 g/mol. The summed E-state index contributed by atoms with van der Waals surface area (Å²) in [5.74, 6) is -0.0582.